The van der Waals surface area contributed by atoms with E-state index in [2.05, 4.69) is 16.5 Å². The molecule has 0 bridgehead atoms. The number of aryl methyl sites for hydroxylation is 1. The Morgan fingerprint density at radius 3 is 3.27 bits per heavy atom. The Morgan fingerprint density at radius 2 is 2.60 bits per heavy atom. The van der Waals surface area contributed by atoms with Crippen molar-refractivity contribution >= 4 is 11.8 Å². The van der Waals surface area contributed by atoms with Crippen LogP contribution in [0.3, 0.4) is 0 Å². The zero-order chi connectivity index (χ0) is 10.7. The molecule has 2 atom stereocenters. The summed E-state index contributed by atoms with van der Waals surface area (Å²) in [7, 11) is 0. The van der Waals surface area contributed by atoms with Crippen molar-refractivity contribution in [3.63, 3.8) is 0 Å². The molecule has 2 heterocycles. The molecule has 4 heteroatoms. The van der Waals surface area contributed by atoms with Crippen LogP contribution in [0.25, 0.3) is 0 Å². The van der Waals surface area contributed by atoms with E-state index >= 15 is 0 Å². The van der Waals surface area contributed by atoms with Gasteiger partial charge in [0.2, 0.25) is 0 Å². The number of thioether (sulfide) groups is 1. The van der Waals surface area contributed by atoms with Crippen molar-refractivity contribution in [3.8, 4) is 0 Å². The number of hydrogen-bond acceptors (Lipinski definition) is 3. The van der Waals surface area contributed by atoms with Crippen LogP contribution in [0.1, 0.15) is 19.2 Å². The van der Waals surface area contributed by atoms with E-state index in [1.54, 1.807) is 0 Å². The van der Waals surface area contributed by atoms with Gasteiger partial charge in [0.05, 0.1) is 6.10 Å². The number of aliphatic hydroxyl groups is 1. The van der Waals surface area contributed by atoms with Crippen molar-refractivity contribution < 1.29 is 5.11 Å². The maximum Gasteiger partial charge on any atom is 0.111 e. The fourth-order valence-electron chi connectivity index (χ4n) is 2.03. The molecule has 1 aromatic heterocycles. The van der Waals surface area contributed by atoms with E-state index in [1.807, 2.05) is 24.2 Å². The summed E-state index contributed by atoms with van der Waals surface area (Å²) < 4.78 is 2.10. The van der Waals surface area contributed by atoms with Crippen LogP contribution in [0, 0.1) is 5.92 Å². The molecular formula is C11H18N2OS. The van der Waals surface area contributed by atoms with E-state index < -0.39 is 0 Å². The fraction of sp³-hybridized carbons (Fsp3) is 0.727. The fourth-order valence-corrected chi connectivity index (χ4v) is 3.36. The Balaban J connectivity index is 1.95. The molecule has 1 aliphatic rings. The summed E-state index contributed by atoms with van der Waals surface area (Å²) in [6.45, 7) is 3.03. The first-order chi connectivity index (χ1) is 7.31. The lowest BCUT2D eigenvalue weighted by molar-refractivity contribution is 0.117. The standard InChI is InChI=1S/C11H18N2OS/c1-2-13-5-4-12-11(13)7-10(14)9-3-6-15-8-9/h4-5,9-10,14H,2-3,6-8H2,1H3. The molecule has 0 saturated carbocycles. The first-order valence-corrected chi connectivity index (χ1v) is 6.72. The second-order valence-electron chi connectivity index (χ2n) is 4.02. The number of rotatable bonds is 4. The third-order valence-corrected chi connectivity index (χ3v) is 4.23. The van der Waals surface area contributed by atoms with Crippen molar-refractivity contribution in [1.82, 2.24) is 9.55 Å². The Morgan fingerprint density at radius 1 is 1.73 bits per heavy atom. The summed E-state index contributed by atoms with van der Waals surface area (Å²) in [5, 5.41) is 10.1. The van der Waals surface area contributed by atoms with Crippen LogP contribution in [0.4, 0.5) is 0 Å². The summed E-state index contributed by atoms with van der Waals surface area (Å²) in [5.41, 5.74) is 0. The Kier molecular flexibility index (Phi) is 3.70. The topological polar surface area (TPSA) is 38.0 Å². The smallest absolute Gasteiger partial charge is 0.111 e. The second kappa shape index (κ2) is 5.03. The zero-order valence-electron chi connectivity index (χ0n) is 9.09. The highest BCUT2D eigenvalue weighted by molar-refractivity contribution is 7.99. The lowest BCUT2D eigenvalue weighted by Gasteiger charge is -2.16. The molecule has 1 saturated heterocycles. The molecule has 1 fully saturated rings. The van der Waals surface area contributed by atoms with Gasteiger partial charge in [-0.05, 0) is 30.8 Å². The maximum absolute atomic E-state index is 10.1. The van der Waals surface area contributed by atoms with Gasteiger partial charge < -0.3 is 9.67 Å². The molecule has 2 rings (SSSR count). The van der Waals surface area contributed by atoms with E-state index in [-0.39, 0.29) is 6.10 Å². The Bertz CT molecular complexity index is 307. The van der Waals surface area contributed by atoms with E-state index in [9.17, 15) is 5.11 Å². The van der Waals surface area contributed by atoms with E-state index in [4.69, 9.17) is 0 Å². The van der Waals surface area contributed by atoms with Gasteiger partial charge >= 0.3 is 0 Å². The van der Waals surface area contributed by atoms with Gasteiger partial charge in [-0.25, -0.2) is 4.98 Å². The molecule has 2 unspecified atom stereocenters. The highest BCUT2D eigenvalue weighted by Gasteiger charge is 2.24. The molecule has 0 aliphatic carbocycles. The number of imidazole rings is 1. The minimum atomic E-state index is -0.215. The number of nitrogens with zero attached hydrogens (tertiary/aromatic N) is 2. The Hall–Kier alpha value is -0.480. The van der Waals surface area contributed by atoms with Gasteiger partial charge in [-0.3, -0.25) is 0 Å². The van der Waals surface area contributed by atoms with Crippen LogP contribution in [-0.4, -0.2) is 32.3 Å². The molecule has 3 nitrogen and oxygen atoms in total. The lowest BCUT2D eigenvalue weighted by atomic mass is 9.99. The van der Waals surface area contributed by atoms with Crippen LogP contribution in [-0.2, 0) is 13.0 Å². The molecule has 1 aliphatic heterocycles. The van der Waals surface area contributed by atoms with Gasteiger partial charge in [-0.1, -0.05) is 0 Å². The average Bonchev–Trinajstić information content (AvgIpc) is 2.87. The average molecular weight is 226 g/mol. The monoisotopic (exact) mass is 226 g/mol. The van der Waals surface area contributed by atoms with E-state index in [0.717, 1.165) is 24.5 Å². The molecule has 84 valence electrons. The zero-order valence-corrected chi connectivity index (χ0v) is 9.91. The number of hydrogen-bond donors (Lipinski definition) is 1. The van der Waals surface area contributed by atoms with Gasteiger partial charge in [0, 0.05) is 25.4 Å². The largest absolute Gasteiger partial charge is 0.392 e. The van der Waals surface area contributed by atoms with E-state index in [1.165, 1.54) is 5.75 Å². The van der Waals surface area contributed by atoms with Crippen molar-refractivity contribution in [1.29, 1.82) is 0 Å². The van der Waals surface area contributed by atoms with E-state index in [0.29, 0.717) is 12.3 Å². The van der Waals surface area contributed by atoms with Crippen LogP contribution in [0.5, 0.6) is 0 Å². The Labute approximate surface area is 94.9 Å². The van der Waals surface area contributed by atoms with Crippen LogP contribution in [0.15, 0.2) is 12.4 Å². The predicted octanol–water partition coefficient (Wildman–Crippen LogP) is 1.56. The van der Waals surface area contributed by atoms with Crippen LogP contribution >= 0.6 is 11.8 Å². The molecule has 0 amide bonds. The van der Waals surface area contributed by atoms with Gasteiger partial charge in [-0.2, -0.15) is 11.8 Å². The predicted molar refractivity (Wildman–Crippen MR) is 63.0 cm³/mol. The van der Waals surface area contributed by atoms with Gasteiger partial charge in [0.1, 0.15) is 5.82 Å². The second-order valence-corrected chi connectivity index (χ2v) is 5.17. The van der Waals surface area contributed by atoms with Crippen LogP contribution < -0.4 is 0 Å². The molecule has 1 aromatic rings. The lowest BCUT2D eigenvalue weighted by Crippen LogP contribution is -2.24. The first kappa shape index (κ1) is 11.0. The van der Waals surface area contributed by atoms with Gasteiger partial charge in [0.25, 0.3) is 0 Å². The summed E-state index contributed by atoms with van der Waals surface area (Å²) in [6.07, 6.45) is 5.43. The molecular weight excluding hydrogens is 208 g/mol. The quantitative estimate of drug-likeness (QED) is 0.846. The third kappa shape index (κ3) is 2.55. The molecule has 15 heavy (non-hydrogen) atoms. The van der Waals surface area contributed by atoms with Gasteiger partial charge in [0.15, 0.2) is 0 Å². The SMILES string of the molecule is CCn1ccnc1CC(O)C1CCSC1. The summed E-state index contributed by atoms with van der Waals surface area (Å²) in [5.74, 6) is 3.79. The molecule has 1 N–H and O–H groups in total. The number of aromatic nitrogens is 2. The normalized spacial score (nSPS) is 23.2. The highest BCUT2D eigenvalue weighted by atomic mass is 32.2. The van der Waals surface area contributed by atoms with Crippen molar-refractivity contribution in [3.05, 3.63) is 18.2 Å². The number of aliphatic hydroxyl groups excluding tert-OH is 1. The molecule has 0 radical (unpaired) electrons. The summed E-state index contributed by atoms with van der Waals surface area (Å²) >= 11 is 1.95. The van der Waals surface area contributed by atoms with Crippen LogP contribution in [0.2, 0.25) is 0 Å². The van der Waals surface area contributed by atoms with Gasteiger partial charge in [-0.15, -0.1) is 0 Å². The third-order valence-electron chi connectivity index (χ3n) is 3.04. The molecule has 0 aromatic carbocycles. The summed E-state index contributed by atoms with van der Waals surface area (Å²) in [6, 6.07) is 0. The van der Waals surface area contributed by atoms with Crippen molar-refractivity contribution in [2.45, 2.75) is 32.4 Å². The first-order valence-electron chi connectivity index (χ1n) is 5.57. The minimum absolute atomic E-state index is 0.215. The van der Waals surface area contributed by atoms with Crippen molar-refractivity contribution in [2.24, 2.45) is 5.92 Å². The summed E-state index contributed by atoms with van der Waals surface area (Å²) in [4.78, 5) is 4.29. The van der Waals surface area contributed by atoms with Crippen molar-refractivity contribution in [2.75, 3.05) is 11.5 Å². The highest BCUT2D eigenvalue weighted by Crippen LogP contribution is 2.27. The minimum Gasteiger partial charge on any atom is -0.392 e. The molecule has 0 spiro atoms. The maximum atomic E-state index is 10.1.